The van der Waals surface area contributed by atoms with E-state index in [0.29, 0.717) is 5.69 Å². The fourth-order valence-electron chi connectivity index (χ4n) is 9.24. The third-order valence-corrected chi connectivity index (χ3v) is 11.5. The molecule has 2 aromatic heterocycles. The molecular formula is C54H41N3. The van der Waals surface area contributed by atoms with Gasteiger partial charge in [-0.1, -0.05) is 137 Å². The molecule has 0 aliphatic rings. The van der Waals surface area contributed by atoms with Gasteiger partial charge in [-0.2, -0.15) is 0 Å². The van der Waals surface area contributed by atoms with Gasteiger partial charge in [0.25, 0.3) is 0 Å². The molecular weight excluding hydrogens is 691 g/mol. The maximum absolute atomic E-state index is 8.55. The minimum atomic E-state index is 0.620. The normalized spacial score (nSPS) is 11.6. The lowest BCUT2D eigenvalue weighted by Crippen LogP contribution is -2.02. The molecule has 0 saturated heterocycles. The fraction of sp³-hybridized carbons (Fsp3) is 0.0926. The van der Waals surface area contributed by atoms with E-state index in [1.165, 1.54) is 66.1 Å². The minimum Gasteiger partial charge on any atom is -0.310 e. The van der Waals surface area contributed by atoms with Crippen LogP contribution in [0.3, 0.4) is 0 Å². The Hall–Kier alpha value is -7.15. The van der Waals surface area contributed by atoms with Crippen molar-refractivity contribution in [1.82, 2.24) is 9.13 Å². The quantitative estimate of drug-likeness (QED) is 0.157. The van der Waals surface area contributed by atoms with Gasteiger partial charge in [0.05, 0.1) is 34.3 Å². The number of aromatic nitrogens is 2. The molecule has 0 radical (unpaired) electrons. The first-order chi connectivity index (χ1) is 27.7. The van der Waals surface area contributed by atoms with Gasteiger partial charge in [-0.15, -0.1) is 0 Å². The van der Waals surface area contributed by atoms with Gasteiger partial charge in [0.2, 0.25) is 0 Å². The average Bonchev–Trinajstić information content (AvgIpc) is 3.72. The van der Waals surface area contributed by atoms with Crippen molar-refractivity contribution in [3.63, 3.8) is 0 Å². The predicted molar refractivity (Wildman–Crippen MR) is 241 cm³/mol. The van der Waals surface area contributed by atoms with Crippen LogP contribution in [0, 0.1) is 41.2 Å². The highest BCUT2D eigenvalue weighted by molar-refractivity contribution is 6.13. The van der Waals surface area contributed by atoms with Crippen LogP contribution >= 0.6 is 0 Å². The first-order valence-corrected chi connectivity index (χ1v) is 19.6. The van der Waals surface area contributed by atoms with E-state index in [0.717, 1.165) is 50.1 Å². The Balaban J connectivity index is 1.24. The smallest absolute Gasteiger partial charge is 0.197 e. The lowest BCUT2D eigenvalue weighted by Gasteiger charge is -2.20. The number of rotatable bonds is 5. The third kappa shape index (κ3) is 5.64. The summed E-state index contributed by atoms with van der Waals surface area (Å²) in [6.07, 6.45) is 0. The van der Waals surface area contributed by atoms with Crippen LogP contribution in [0.25, 0.3) is 93.2 Å². The summed E-state index contributed by atoms with van der Waals surface area (Å²) in [5.74, 6) is 0. The molecule has 0 atom stereocenters. The molecule has 272 valence electrons. The van der Waals surface area contributed by atoms with Gasteiger partial charge in [-0.3, -0.25) is 0 Å². The summed E-state index contributed by atoms with van der Waals surface area (Å²) in [5.41, 5.74) is 20.1. The molecule has 8 aromatic carbocycles. The van der Waals surface area contributed by atoms with E-state index in [1.54, 1.807) is 0 Å². The van der Waals surface area contributed by atoms with Gasteiger partial charge in [0, 0.05) is 32.8 Å². The highest BCUT2D eigenvalue weighted by atomic mass is 15.0. The molecule has 0 bridgehead atoms. The summed E-state index contributed by atoms with van der Waals surface area (Å²) in [4.78, 5) is 4.21. The van der Waals surface area contributed by atoms with Crippen LogP contribution in [0.5, 0.6) is 0 Å². The highest BCUT2D eigenvalue weighted by Crippen LogP contribution is 2.45. The van der Waals surface area contributed by atoms with E-state index < -0.39 is 0 Å². The second-order valence-electron chi connectivity index (χ2n) is 15.7. The summed E-state index contributed by atoms with van der Waals surface area (Å²) in [7, 11) is 0. The molecule has 3 heteroatoms. The number of para-hydroxylation sites is 2. The maximum atomic E-state index is 8.55. The van der Waals surface area contributed by atoms with Crippen LogP contribution in [0.1, 0.15) is 27.8 Å². The number of benzene rings is 8. The van der Waals surface area contributed by atoms with Crippen molar-refractivity contribution in [3.8, 4) is 44.8 Å². The van der Waals surface area contributed by atoms with Crippen molar-refractivity contribution in [3.05, 3.63) is 197 Å². The lowest BCUT2D eigenvalue weighted by atomic mass is 9.97. The molecule has 0 fully saturated rings. The van der Waals surface area contributed by atoms with E-state index in [1.807, 2.05) is 12.1 Å². The van der Waals surface area contributed by atoms with Gasteiger partial charge in [-0.25, -0.2) is 4.85 Å². The molecule has 0 aliphatic heterocycles. The zero-order valence-corrected chi connectivity index (χ0v) is 32.9. The molecule has 0 amide bonds. The number of fused-ring (bicyclic) bond motifs is 6. The van der Waals surface area contributed by atoms with Crippen molar-refractivity contribution in [2.75, 3.05) is 0 Å². The largest absolute Gasteiger partial charge is 0.310 e. The summed E-state index contributed by atoms with van der Waals surface area (Å²) in [5, 5.41) is 4.78. The van der Waals surface area contributed by atoms with Crippen LogP contribution in [-0.4, -0.2) is 9.13 Å². The molecule has 0 N–H and O–H groups in total. The van der Waals surface area contributed by atoms with Gasteiger partial charge in [0.1, 0.15) is 0 Å². The van der Waals surface area contributed by atoms with Crippen LogP contribution in [0.15, 0.2) is 158 Å². The number of aryl methyl sites for hydroxylation is 5. The Bertz CT molecular complexity index is 3270. The van der Waals surface area contributed by atoms with Crippen molar-refractivity contribution in [1.29, 1.82) is 0 Å². The zero-order chi connectivity index (χ0) is 38.9. The Morgan fingerprint density at radius 2 is 0.860 bits per heavy atom. The van der Waals surface area contributed by atoms with Crippen molar-refractivity contribution >= 4 is 49.3 Å². The summed E-state index contributed by atoms with van der Waals surface area (Å²) in [6, 6.07) is 57.5. The average molecular weight is 732 g/mol. The van der Waals surface area contributed by atoms with E-state index >= 15 is 0 Å². The van der Waals surface area contributed by atoms with E-state index in [4.69, 9.17) is 6.57 Å². The van der Waals surface area contributed by atoms with E-state index in [-0.39, 0.29) is 0 Å². The van der Waals surface area contributed by atoms with Crippen molar-refractivity contribution in [2.45, 2.75) is 34.6 Å². The monoisotopic (exact) mass is 731 g/mol. The topological polar surface area (TPSA) is 14.2 Å². The molecule has 0 spiro atoms. The Labute approximate surface area is 333 Å². The maximum Gasteiger partial charge on any atom is 0.197 e. The lowest BCUT2D eigenvalue weighted by molar-refractivity contribution is 1.16. The number of nitrogens with zero attached hydrogens (tertiary/aromatic N) is 3. The van der Waals surface area contributed by atoms with Crippen LogP contribution in [0.2, 0.25) is 0 Å². The molecule has 0 aliphatic carbocycles. The van der Waals surface area contributed by atoms with Gasteiger partial charge >= 0.3 is 0 Å². The van der Waals surface area contributed by atoms with Crippen LogP contribution < -0.4 is 0 Å². The van der Waals surface area contributed by atoms with Crippen molar-refractivity contribution < 1.29 is 0 Å². The second kappa shape index (κ2) is 13.3. The van der Waals surface area contributed by atoms with Crippen LogP contribution in [-0.2, 0) is 0 Å². The highest BCUT2D eigenvalue weighted by Gasteiger charge is 2.23. The van der Waals surface area contributed by atoms with E-state index in [2.05, 4.69) is 194 Å². The Morgan fingerprint density at radius 1 is 0.368 bits per heavy atom. The Kier molecular flexibility index (Phi) is 7.99. The molecule has 10 rings (SSSR count). The first-order valence-electron chi connectivity index (χ1n) is 19.6. The second-order valence-corrected chi connectivity index (χ2v) is 15.7. The van der Waals surface area contributed by atoms with Gasteiger partial charge in [-0.05, 0) is 111 Å². The third-order valence-electron chi connectivity index (χ3n) is 11.5. The minimum absolute atomic E-state index is 0.620. The molecule has 3 nitrogen and oxygen atoms in total. The van der Waals surface area contributed by atoms with Gasteiger partial charge in [0.15, 0.2) is 5.69 Å². The predicted octanol–water partition coefficient (Wildman–Crippen LogP) is 15.0. The first kappa shape index (κ1) is 34.3. The number of hydrogen-bond acceptors (Lipinski definition) is 0. The summed E-state index contributed by atoms with van der Waals surface area (Å²) in [6.45, 7) is 19.3. The SMILES string of the molecule is [C-]#[N+]c1cccc(-n2c3ccccc3c3cc(-c4cc(C)cc(C)c4)ccc32)c1-c1cc(C)ccc1-n1c2ccccc2c2cc(-c3cc(C)cc(C)c3)ccc21. The standard InChI is InChI=1S/C54H41N3/c1-33-18-21-52(56-48-15-9-7-12-42(48)44-31-38(19-22-50(44)56)40-26-34(2)24-35(3)27-40)46(30-33)54-47(55-6)14-11-17-53(54)57-49-16-10-8-13-43(49)45-32-39(20-23-51(45)57)41-28-36(4)25-37(5)29-41/h7-32H,1-5H3. The fourth-order valence-corrected chi connectivity index (χ4v) is 9.24. The Morgan fingerprint density at radius 3 is 1.39 bits per heavy atom. The molecule has 10 aromatic rings. The zero-order valence-electron chi connectivity index (χ0n) is 32.9. The number of hydrogen-bond donors (Lipinski definition) is 0. The van der Waals surface area contributed by atoms with Crippen molar-refractivity contribution in [2.24, 2.45) is 0 Å². The van der Waals surface area contributed by atoms with Gasteiger partial charge < -0.3 is 9.13 Å². The molecule has 57 heavy (non-hydrogen) atoms. The van der Waals surface area contributed by atoms with E-state index in [9.17, 15) is 0 Å². The molecule has 2 heterocycles. The molecule has 0 saturated carbocycles. The summed E-state index contributed by atoms with van der Waals surface area (Å²) >= 11 is 0. The van der Waals surface area contributed by atoms with Crippen LogP contribution in [0.4, 0.5) is 5.69 Å². The molecule has 0 unspecified atom stereocenters. The summed E-state index contributed by atoms with van der Waals surface area (Å²) < 4.78 is 4.77.